The van der Waals surface area contributed by atoms with Crippen molar-refractivity contribution < 1.29 is 4.74 Å². The molecule has 2 aromatic rings. The van der Waals surface area contributed by atoms with Crippen molar-refractivity contribution in [2.75, 3.05) is 43.1 Å². The molecule has 2 heterocycles. The summed E-state index contributed by atoms with van der Waals surface area (Å²) in [7, 11) is 1.70. The van der Waals surface area contributed by atoms with Crippen LogP contribution in [0, 0.1) is 18.3 Å². The number of nitrogens with zero attached hydrogens (tertiary/aromatic N) is 4. The molecule has 0 atom stereocenters. The van der Waals surface area contributed by atoms with Gasteiger partial charge in [0, 0.05) is 31.9 Å². The lowest BCUT2D eigenvalue weighted by atomic mass is 10.2. The summed E-state index contributed by atoms with van der Waals surface area (Å²) in [6, 6.07) is 14.1. The highest BCUT2D eigenvalue weighted by molar-refractivity contribution is 5.60. The first-order valence-corrected chi connectivity index (χ1v) is 7.73. The average molecular weight is 308 g/mol. The molecule has 1 aliphatic heterocycles. The Labute approximate surface area is 136 Å². The molecule has 0 N–H and O–H groups in total. The fourth-order valence-corrected chi connectivity index (χ4v) is 2.92. The van der Waals surface area contributed by atoms with E-state index in [-0.39, 0.29) is 0 Å². The van der Waals surface area contributed by atoms with Gasteiger partial charge in [0.25, 0.3) is 0 Å². The zero-order valence-electron chi connectivity index (χ0n) is 13.5. The second-order valence-electron chi connectivity index (χ2n) is 5.58. The molecule has 118 valence electrons. The smallest absolute Gasteiger partial charge is 0.146 e. The molecule has 1 fully saturated rings. The molecule has 5 nitrogen and oxygen atoms in total. The number of piperazine rings is 1. The number of aromatic nitrogens is 1. The second-order valence-corrected chi connectivity index (χ2v) is 5.58. The average Bonchev–Trinajstić information content (AvgIpc) is 2.62. The van der Waals surface area contributed by atoms with Gasteiger partial charge in [-0.05, 0) is 31.2 Å². The fourth-order valence-electron chi connectivity index (χ4n) is 2.92. The minimum Gasteiger partial charge on any atom is -0.495 e. The van der Waals surface area contributed by atoms with Crippen LogP contribution in [0.3, 0.4) is 0 Å². The lowest BCUT2D eigenvalue weighted by molar-refractivity contribution is 0.413. The van der Waals surface area contributed by atoms with Crippen LogP contribution in [0.2, 0.25) is 0 Å². The Kier molecular flexibility index (Phi) is 4.33. The molecule has 5 heteroatoms. The molecule has 0 spiro atoms. The minimum atomic E-state index is 0.640. The Balaban J connectivity index is 1.77. The maximum atomic E-state index is 9.29. The van der Waals surface area contributed by atoms with Gasteiger partial charge in [-0.1, -0.05) is 12.1 Å². The largest absolute Gasteiger partial charge is 0.495 e. The molecular formula is C18H20N4O. The molecule has 3 rings (SSSR count). The van der Waals surface area contributed by atoms with Crippen LogP contribution in [0.4, 0.5) is 11.5 Å². The van der Waals surface area contributed by atoms with E-state index in [4.69, 9.17) is 4.74 Å². The first-order valence-electron chi connectivity index (χ1n) is 7.73. The van der Waals surface area contributed by atoms with E-state index in [9.17, 15) is 5.26 Å². The first-order chi connectivity index (χ1) is 11.2. The van der Waals surface area contributed by atoms with Crippen LogP contribution < -0.4 is 14.5 Å². The van der Waals surface area contributed by atoms with Crippen LogP contribution in [-0.2, 0) is 0 Å². The predicted molar refractivity (Wildman–Crippen MR) is 91.1 cm³/mol. The van der Waals surface area contributed by atoms with Crippen molar-refractivity contribution in [3.63, 3.8) is 0 Å². The summed E-state index contributed by atoms with van der Waals surface area (Å²) in [4.78, 5) is 9.07. The van der Waals surface area contributed by atoms with E-state index < -0.39 is 0 Å². The zero-order valence-corrected chi connectivity index (χ0v) is 13.5. The van der Waals surface area contributed by atoms with Gasteiger partial charge in [-0.2, -0.15) is 5.26 Å². The van der Waals surface area contributed by atoms with Gasteiger partial charge in [0.2, 0.25) is 0 Å². The number of rotatable bonds is 3. The molecule has 1 saturated heterocycles. The van der Waals surface area contributed by atoms with Crippen molar-refractivity contribution in [3.05, 3.63) is 47.7 Å². The van der Waals surface area contributed by atoms with Crippen molar-refractivity contribution in [2.45, 2.75) is 6.92 Å². The number of hydrogen-bond donors (Lipinski definition) is 0. The van der Waals surface area contributed by atoms with Crippen molar-refractivity contribution in [1.29, 1.82) is 5.26 Å². The molecule has 1 aromatic heterocycles. The molecule has 0 aliphatic carbocycles. The summed E-state index contributed by atoms with van der Waals surface area (Å²) in [5.41, 5.74) is 2.69. The minimum absolute atomic E-state index is 0.640. The van der Waals surface area contributed by atoms with E-state index in [1.54, 1.807) is 7.11 Å². The number of pyridine rings is 1. The van der Waals surface area contributed by atoms with Gasteiger partial charge in [-0.25, -0.2) is 4.98 Å². The van der Waals surface area contributed by atoms with Gasteiger partial charge in [0.05, 0.1) is 18.4 Å². The van der Waals surface area contributed by atoms with Crippen molar-refractivity contribution in [1.82, 2.24) is 4.98 Å². The van der Waals surface area contributed by atoms with Crippen LogP contribution in [0.15, 0.2) is 36.4 Å². The van der Waals surface area contributed by atoms with E-state index in [0.717, 1.165) is 49.1 Å². The molecule has 0 radical (unpaired) electrons. The Morgan fingerprint density at radius 1 is 1.04 bits per heavy atom. The quantitative estimate of drug-likeness (QED) is 0.872. The molecule has 0 bridgehead atoms. The van der Waals surface area contributed by atoms with Crippen LogP contribution in [0.5, 0.6) is 5.75 Å². The normalized spacial score (nSPS) is 14.5. The lowest BCUT2D eigenvalue weighted by Crippen LogP contribution is -2.47. The number of aryl methyl sites for hydroxylation is 1. The van der Waals surface area contributed by atoms with E-state index in [2.05, 4.69) is 26.9 Å². The van der Waals surface area contributed by atoms with Crippen LogP contribution in [-0.4, -0.2) is 38.3 Å². The lowest BCUT2D eigenvalue weighted by Gasteiger charge is -2.37. The SMILES string of the molecule is COc1ccccc1N1CCN(c2nc(C)ccc2C#N)CC1. The summed E-state index contributed by atoms with van der Waals surface area (Å²) in [6.45, 7) is 5.38. The van der Waals surface area contributed by atoms with Gasteiger partial charge in [-0.3, -0.25) is 0 Å². The van der Waals surface area contributed by atoms with Gasteiger partial charge < -0.3 is 14.5 Å². The van der Waals surface area contributed by atoms with Crippen molar-refractivity contribution in [2.24, 2.45) is 0 Å². The fraction of sp³-hybridized carbons (Fsp3) is 0.333. The van der Waals surface area contributed by atoms with E-state index in [0.29, 0.717) is 5.56 Å². The highest BCUT2D eigenvalue weighted by Crippen LogP contribution is 2.29. The highest BCUT2D eigenvalue weighted by Gasteiger charge is 2.22. The summed E-state index contributed by atoms with van der Waals surface area (Å²) >= 11 is 0. The molecular weight excluding hydrogens is 288 g/mol. The molecule has 0 amide bonds. The standard InChI is InChI=1S/C18H20N4O/c1-14-7-8-15(13-19)18(20-14)22-11-9-21(10-12-22)16-5-3-4-6-17(16)23-2/h3-8H,9-12H2,1-2H3. The maximum absolute atomic E-state index is 9.29. The second kappa shape index (κ2) is 6.57. The monoisotopic (exact) mass is 308 g/mol. The third kappa shape index (κ3) is 3.07. The Morgan fingerprint density at radius 2 is 1.74 bits per heavy atom. The number of ether oxygens (including phenoxy) is 1. The summed E-state index contributed by atoms with van der Waals surface area (Å²) in [5.74, 6) is 1.69. The first kappa shape index (κ1) is 15.2. The third-order valence-corrected chi connectivity index (χ3v) is 4.14. The van der Waals surface area contributed by atoms with Crippen molar-refractivity contribution in [3.8, 4) is 11.8 Å². The topological polar surface area (TPSA) is 52.4 Å². The molecule has 0 unspecified atom stereocenters. The van der Waals surface area contributed by atoms with Crippen LogP contribution in [0.25, 0.3) is 0 Å². The third-order valence-electron chi connectivity index (χ3n) is 4.14. The molecule has 1 aromatic carbocycles. The highest BCUT2D eigenvalue weighted by atomic mass is 16.5. The van der Waals surface area contributed by atoms with E-state index >= 15 is 0 Å². The Bertz CT molecular complexity index is 730. The number of nitriles is 1. The Hall–Kier alpha value is -2.74. The van der Waals surface area contributed by atoms with E-state index in [1.807, 2.05) is 37.3 Å². The zero-order chi connectivity index (χ0) is 16.2. The number of para-hydroxylation sites is 2. The van der Waals surface area contributed by atoms with E-state index in [1.165, 1.54) is 0 Å². The molecule has 0 saturated carbocycles. The molecule has 1 aliphatic rings. The Morgan fingerprint density at radius 3 is 2.43 bits per heavy atom. The number of anilines is 2. The van der Waals surface area contributed by atoms with Crippen molar-refractivity contribution >= 4 is 11.5 Å². The molecule has 23 heavy (non-hydrogen) atoms. The van der Waals surface area contributed by atoms with Gasteiger partial charge in [-0.15, -0.1) is 0 Å². The summed E-state index contributed by atoms with van der Waals surface area (Å²) in [6.07, 6.45) is 0. The van der Waals surface area contributed by atoms with Gasteiger partial charge in [0.15, 0.2) is 0 Å². The van der Waals surface area contributed by atoms with Crippen LogP contribution in [0.1, 0.15) is 11.3 Å². The summed E-state index contributed by atoms with van der Waals surface area (Å²) < 4.78 is 5.45. The maximum Gasteiger partial charge on any atom is 0.146 e. The number of methoxy groups -OCH3 is 1. The predicted octanol–water partition coefficient (Wildman–Crippen LogP) is 2.60. The number of hydrogen-bond acceptors (Lipinski definition) is 5. The number of benzene rings is 1. The van der Waals surface area contributed by atoms with Crippen LogP contribution >= 0.6 is 0 Å². The summed E-state index contributed by atoms with van der Waals surface area (Å²) in [5, 5.41) is 9.29. The van der Waals surface area contributed by atoms with Gasteiger partial charge in [0.1, 0.15) is 17.6 Å². The van der Waals surface area contributed by atoms with Gasteiger partial charge >= 0.3 is 0 Å².